The third-order valence-electron chi connectivity index (χ3n) is 3.97. The Bertz CT molecular complexity index is 788. The van der Waals surface area contributed by atoms with Crippen LogP contribution in [0.15, 0.2) is 59.5 Å². The van der Waals surface area contributed by atoms with Crippen LogP contribution in [0.4, 0.5) is 5.69 Å². The van der Waals surface area contributed by atoms with E-state index in [0.29, 0.717) is 24.3 Å². The molecule has 0 bridgehead atoms. The van der Waals surface area contributed by atoms with Crippen LogP contribution in [0.3, 0.4) is 0 Å². The quantitative estimate of drug-likeness (QED) is 0.769. The van der Waals surface area contributed by atoms with Crippen molar-refractivity contribution in [2.75, 3.05) is 31.5 Å². The molecule has 0 aliphatic heterocycles. The summed E-state index contributed by atoms with van der Waals surface area (Å²) in [4.78, 5) is 2.11. The van der Waals surface area contributed by atoms with Crippen LogP contribution in [-0.2, 0) is 10.0 Å². The predicted octanol–water partition coefficient (Wildman–Crippen LogP) is 3.13. The number of anilines is 1. The molecule has 0 spiro atoms. The van der Waals surface area contributed by atoms with E-state index in [9.17, 15) is 13.5 Å². The Labute approximate surface area is 156 Å². The van der Waals surface area contributed by atoms with Crippen molar-refractivity contribution in [3.8, 4) is 0 Å². The van der Waals surface area contributed by atoms with Crippen LogP contribution in [-0.4, -0.2) is 45.6 Å². The molecule has 1 unspecified atom stereocenters. The van der Waals surface area contributed by atoms with Gasteiger partial charge in [-0.1, -0.05) is 44.2 Å². The summed E-state index contributed by atoms with van der Waals surface area (Å²) in [6.45, 7) is 4.87. The maximum atomic E-state index is 13.2. The van der Waals surface area contributed by atoms with E-state index in [1.165, 1.54) is 4.31 Å². The molecule has 0 saturated carbocycles. The molecule has 0 aliphatic rings. The molecular weight excluding hydrogens is 348 g/mol. The Morgan fingerprint density at radius 3 is 2.00 bits per heavy atom. The maximum Gasteiger partial charge on any atom is 0.264 e. The molecule has 0 saturated heterocycles. The number of nitrogens with zero attached hydrogens (tertiary/aromatic N) is 2. The van der Waals surface area contributed by atoms with Gasteiger partial charge in [0.25, 0.3) is 10.0 Å². The zero-order valence-corrected chi connectivity index (χ0v) is 16.6. The standard InChI is InChI=1S/C20H28N2O3S/c1-16(2)14-22(18-8-6-5-7-9-18)26(24,25)19-12-10-17(11-13-19)20(23)15-21(3)4/h5-13,16,20,23H,14-15H2,1-4H3. The Kier molecular flexibility index (Phi) is 6.81. The molecule has 0 aliphatic carbocycles. The molecule has 26 heavy (non-hydrogen) atoms. The lowest BCUT2D eigenvalue weighted by molar-refractivity contribution is 0.138. The van der Waals surface area contributed by atoms with Gasteiger partial charge < -0.3 is 10.0 Å². The topological polar surface area (TPSA) is 60.9 Å². The second kappa shape index (κ2) is 8.66. The fraction of sp³-hybridized carbons (Fsp3) is 0.400. The number of hydrogen-bond acceptors (Lipinski definition) is 4. The molecule has 2 aromatic carbocycles. The van der Waals surface area contributed by atoms with Gasteiger partial charge in [0, 0.05) is 13.1 Å². The number of sulfonamides is 1. The number of benzene rings is 2. The van der Waals surface area contributed by atoms with Crippen LogP contribution in [0.25, 0.3) is 0 Å². The van der Waals surface area contributed by atoms with Crippen molar-refractivity contribution < 1.29 is 13.5 Å². The van der Waals surface area contributed by atoms with Crippen molar-refractivity contribution >= 4 is 15.7 Å². The van der Waals surface area contributed by atoms with Crippen LogP contribution >= 0.6 is 0 Å². The molecule has 0 fully saturated rings. The zero-order valence-electron chi connectivity index (χ0n) is 15.8. The molecule has 0 heterocycles. The third kappa shape index (κ3) is 5.06. The summed E-state index contributed by atoms with van der Waals surface area (Å²) in [5.41, 5.74) is 1.35. The molecule has 5 nitrogen and oxygen atoms in total. The first kappa shape index (κ1) is 20.4. The van der Waals surface area contributed by atoms with Crippen molar-refractivity contribution in [1.29, 1.82) is 0 Å². The average molecular weight is 377 g/mol. The first-order chi connectivity index (χ1) is 12.2. The van der Waals surface area contributed by atoms with Crippen molar-refractivity contribution in [2.24, 2.45) is 5.92 Å². The number of rotatable bonds is 8. The van der Waals surface area contributed by atoms with Crippen molar-refractivity contribution in [3.05, 3.63) is 60.2 Å². The summed E-state index contributed by atoms with van der Waals surface area (Å²) >= 11 is 0. The minimum atomic E-state index is -3.67. The Hall–Kier alpha value is -1.89. The van der Waals surface area contributed by atoms with Gasteiger partial charge in [-0.3, -0.25) is 4.31 Å². The van der Waals surface area contributed by atoms with Crippen LogP contribution in [0, 0.1) is 5.92 Å². The largest absolute Gasteiger partial charge is 0.387 e. The Balaban J connectivity index is 2.34. The normalized spacial score (nSPS) is 13.2. The smallest absolute Gasteiger partial charge is 0.264 e. The molecular formula is C20H28N2O3S. The van der Waals surface area contributed by atoms with Crippen molar-refractivity contribution in [3.63, 3.8) is 0 Å². The minimum absolute atomic E-state index is 0.186. The summed E-state index contributed by atoms with van der Waals surface area (Å²) in [6, 6.07) is 15.6. The number of para-hydroxylation sites is 1. The molecule has 142 valence electrons. The van der Waals surface area contributed by atoms with E-state index in [2.05, 4.69) is 0 Å². The van der Waals surface area contributed by atoms with Crippen LogP contribution < -0.4 is 4.31 Å². The van der Waals surface area contributed by atoms with Crippen LogP contribution in [0.5, 0.6) is 0 Å². The van der Waals surface area contributed by atoms with Gasteiger partial charge in [-0.2, -0.15) is 0 Å². The summed E-state index contributed by atoms with van der Waals surface area (Å²) in [6.07, 6.45) is -0.650. The highest BCUT2D eigenvalue weighted by Crippen LogP contribution is 2.26. The summed E-state index contributed by atoms with van der Waals surface area (Å²) < 4.78 is 27.8. The van der Waals surface area contributed by atoms with Gasteiger partial charge >= 0.3 is 0 Å². The van der Waals surface area contributed by atoms with Crippen LogP contribution in [0.1, 0.15) is 25.5 Å². The summed E-state index contributed by atoms with van der Waals surface area (Å²) in [5, 5.41) is 10.2. The first-order valence-corrected chi connectivity index (χ1v) is 10.2. The highest BCUT2D eigenvalue weighted by molar-refractivity contribution is 7.92. The highest BCUT2D eigenvalue weighted by atomic mass is 32.2. The van der Waals surface area contributed by atoms with E-state index in [0.717, 1.165) is 0 Å². The highest BCUT2D eigenvalue weighted by Gasteiger charge is 2.25. The monoisotopic (exact) mass is 376 g/mol. The van der Waals surface area contributed by atoms with E-state index >= 15 is 0 Å². The lowest BCUT2D eigenvalue weighted by atomic mass is 10.1. The molecule has 0 aromatic heterocycles. The molecule has 2 rings (SSSR count). The van der Waals surface area contributed by atoms with Gasteiger partial charge in [-0.25, -0.2) is 8.42 Å². The van der Waals surface area contributed by atoms with Gasteiger partial charge in [0.2, 0.25) is 0 Å². The molecule has 6 heteroatoms. The lowest BCUT2D eigenvalue weighted by Gasteiger charge is -2.26. The molecule has 0 amide bonds. The summed E-state index contributed by atoms with van der Waals surface area (Å²) in [7, 11) is 0.0879. The van der Waals surface area contributed by atoms with E-state index < -0.39 is 16.1 Å². The number of likely N-dealkylation sites (N-methyl/N-ethyl adjacent to an activating group) is 1. The fourth-order valence-corrected chi connectivity index (χ4v) is 4.34. The van der Waals surface area contributed by atoms with Gasteiger partial charge in [0.15, 0.2) is 0 Å². The minimum Gasteiger partial charge on any atom is -0.387 e. The third-order valence-corrected chi connectivity index (χ3v) is 5.77. The Morgan fingerprint density at radius 1 is 0.923 bits per heavy atom. The van der Waals surface area contributed by atoms with Gasteiger partial charge in [0.05, 0.1) is 16.7 Å². The first-order valence-electron chi connectivity index (χ1n) is 8.72. The van der Waals surface area contributed by atoms with Gasteiger partial charge in [0.1, 0.15) is 0 Å². The Morgan fingerprint density at radius 2 is 1.50 bits per heavy atom. The van der Waals surface area contributed by atoms with E-state index in [1.807, 2.05) is 51.0 Å². The summed E-state index contributed by atoms with van der Waals surface area (Å²) in [5.74, 6) is 0.186. The van der Waals surface area contributed by atoms with Crippen molar-refractivity contribution in [1.82, 2.24) is 4.90 Å². The molecule has 1 N–H and O–H groups in total. The second-order valence-corrected chi connectivity index (χ2v) is 8.97. The second-order valence-electron chi connectivity index (χ2n) is 7.11. The maximum absolute atomic E-state index is 13.2. The van der Waals surface area contributed by atoms with E-state index in [1.54, 1.807) is 36.4 Å². The number of aliphatic hydroxyl groups is 1. The van der Waals surface area contributed by atoms with Gasteiger partial charge in [-0.05, 0) is 49.8 Å². The predicted molar refractivity (Wildman–Crippen MR) is 106 cm³/mol. The number of aliphatic hydroxyl groups excluding tert-OH is 1. The van der Waals surface area contributed by atoms with Crippen LogP contribution in [0.2, 0.25) is 0 Å². The number of hydrogen-bond donors (Lipinski definition) is 1. The zero-order chi connectivity index (χ0) is 19.3. The van der Waals surface area contributed by atoms with Crippen molar-refractivity contribution in [2.45, 2.75) is 24.8 Å². The lowest BCUT2D eigenvalue weighted by Crippen LogP contribution is -2.34. The molecule has 2 aromatic rings. The average Bonchev–Trinajstić information content (AvgIpc) is 2.59. The SMILES string of the molecule is CC(C)CN(c1ccccc1)S(=O)(=O)c1ccc(C(O)CN(C)C)cc1. The molecule has 0 radical (unpaired) electrons. The van der Waals surface area contributed by atoms with Gasteiger partial charge in [-0.15, -0.1) is 0 Å². The van der Waals surface area contributed by atoms with E-state index in [-0.39, 0.29) is 10.8 Å². The molecule has 1 atom stereocenters. The van der Waals surface area contributed by atoms with E-state index in [4.69, 9.17) is 0 Å². The fourth-order valence-electron chi connectivity index (χ4n) is 2.71.